The van der Waals surface area contributed by atoms with E-state index in [2.05, 4.69) is 39.6 Å². The van der Waals surface area contributed by atoms with Crippen LogP contribution in [0, 0.1) is 20.8 Å². The Morgan fingerprint density at radius 2 is 1.97 bits per heavy atom. The Labute approximate surface area is 173 Å². The summed E-state index contributed by atoms with van der Waals surface area (Å²) in [6, 6.07) is 16.3. The van der Waals surface area contributed by atoms with Crippen LogP contribution in [0.1, 0.15) is 22.5 Å². The fourth-order valence-electron chi connectivity index (χ4n) is 3.36. The first-order valence-electron chi connectivity index (χ1n) is 9.41. The number of carbonyl (C=O) groups is 1. The second-order valence-electron chi connectivity index (χ2n) is 7.07. The van der Waals surface area contributed by atoms with Crippen LogP contribution in [0.15, 0.2) is 58.5 Å². The highest BCUT2D eigenvalue weighted by Gasteiger charge is 2.09. The van der Waals surface area contributed by atoms with Gasteiger partial charge < -0.3 is 4.98 Å². The van der Waals surface area contributed by atoms with Gasteiger partial charge in [0, 0.05) is 38.1 Å². The number of H-pyrrole nitrogens is 1. The highest BCUT2D eigenvalue weighted by Crippen LogP contribution is 2.28. The Bertz CT molecular complexity index is 1240. The first-order valence-corrected chi connectivity index (χ1v) is 10.4. The van der Waals surface area contributed by atoms with E-state index in [0.717, 1.165) is 43.7 Å². The lowest BCUT2D eigenvalue weighted by molar-refractivity contribution is -0.118. The van der Waals surface area contributed by atoms with Gasteiger partial charge in [0.15, 0.2) is 0 Å². The molecule has 0 bridgehead atoms. The first-order chi connectivity index (χ1) is 14.0. The number of benzene rings is 2. The minimum Gasteiger partial charge on any atom is -0.358 e. The van der Waals surface area contributed by atoms with Crippen molar-refractivity contribution in [2.45, 2.75) is 25.7 Å². The molecule has 0 saturated heterocycles. The molecule has 29 heavy (non-hydrogen) atoms. The molecule has 0 aliphatic heterocycles. The third kappa shape index (κ3) is 4.17. The zero-order valence-corrected chi connectivity index (χ0v) is 17.4. The second kappa shape index (κ2) is 8.09. The Balaban J connectivity index is 1.44. The molecule has 2 heterocycles. The fraction of sp³-hybridized carbons (Fsp3) is 0.174. The van der Waals surface area contributed by atoms with Crippen molar-refractivity contribution >= 4 is 45.7 Å². The van der Waals surface area contributed by atoms with Crippen LogP contribution in [0.25, 0.3) is 21.8 Å². The highest BCUT2D eigenvalue weighted by molar-refractivity contribution is 8.00. The highest BCUT2D eigenvalue weighted by atomic mass is 32.2. The van der Waals surface area contributed by atoms with Gasteiger partial charge in [-0.2, -0.15) is 5.10 Å². The van der Waals surface area contributed by atoms with E-state index in [-0.39, 0.29) is 11.7 Å². The number of hydrazone groups is 1. The van der Waals surface area contributed by atoms with E-state index >= 15 is 0 Å². The second-order valence-corrected chi connectivity index (χ2v) is 8.09. The SMILES string of the molecule is Cc1ccc2nc(C)cc(SCC(=O)N/N=C\c3c(C)[nH]c4ccccc34)c2c1. The molecule has 0 fully saturated rings. The number of rotatable bonds is 5. The van der Waals surface area contributed by atoms with E-state index in [1.807, 2.05) is 50.2 Å². The Kier molecular flexibility index (Phi) is 5.36. The number of aryl methyl sites for hydroxylation is 3. The molecule has 0 radical (unpaired) electrons. The Hall–Kier alpha value is -3.12. The number of para-hydroxylation sites is 1. The van der Waals surface area contributed by atoms with Crippen LogP contribution in [0.2, 0.25) is 0 Å². The number of hydrogen-bond acceptors (Lipinski definition) is 4. The molecule has 0 spiro atoms. The summed E-state index contributed by atoms with van der Waals surface area (Å²) in [6.45, 7) is 6.02. The predicted octanol–water partition coefficient (Wildman–Crippen LogP) is 4.88. The number of amides is 1. The third-order valence-corrected chi connectivity index (χ3v) is 5.79. The van der Waals surface area contributed by atoms with Crippen LogP contribution in [0.3, 0.4) is 0 Å². The maximum Gasteiger partial charge on any atom is 0.250 e. The lowest BCUT2D eigenvalue weighted by Crippen LogP contribution is -2.19. The van der Waals surface area contributed by atoms with Crippen LogP contribution < -0.4 is 5.43 Å². The maximum atomic E-state index is 12.3. The summed E-state index contributed by atoms with van der Waals surface area (Å²) in [6.07, 6.45) is 1.70. The quantitative estimate of drug-likeness (QED) is 0.284. The summed E-state index contributed by atoms with van der Waals surface area (Å²) >= 11 is 1.50. The van der Waals surface area contributed by atoms with Gasteiger partial charge in [-0.3, -0.25) is 9.78 Å². The van der Waals surface area contributed by atoms with Crippen LogP contribution in [-0.2, 0) is 4.79 Å². The number of nitrogens with zero attached hydrogens (tertiary/aromatic N) is 2. The molecule has 1 amide bonds. The topological polar surface area (TPSA) is 70.1 Å². The Morgan fingerprint density at radius 3 is 2.83 bits per heavy atom. The van der Waals surface area contributed by atoms with Crippen LogP contribution in [0.5, 0.6) is 0 Å². The van der Waals surface area contributed by atoms with E-state index in [4.69, 9.17) is 0 Å². The molecule has 4 aromatic rings. The van der Waals surface area contributed by atoms with E-state index in [1.54, 1.807) is 6.21 Å². The average molecular weight is 403 g/mol. The summed E-state index contributed by atoms with van der Waals surface area (Å²) in [5, 5.41) is 6.33. The zero-order chi connectivity index (χ0) is 20.4. The molecular formula is C23H22N4OS. The molecule has 4 rings (SSSR count). The van der Waals surface area contributed by atoms with Gasteiger partial charge in [0.2, 0.25) is 5.91 Å². The zero-order valence-electron chi connectivity index (χ0n) is 16.6. The van der Waals surface area contributed by atoms with Gasteiger partial charge in [-0.1, -0.05) is 29.8 Å². The van der Waals surface area contributed by atoms with E-state index < -0.39 is 0 Å². The third-order valence-electron chi connectivity index (χ3n) is 4.74. The summed E-state index contributed by atoms with van der Waals surface area (Å²) in [5.41, 5.74) is 8.77. The summed E-state index contributed by atoms with van der Waals surface area (Å²) < 4.78 is 0. The van der Waals surface area contributed by atoms with Crippen molar-refractivity contribution in [2.75, 3.05) is 5.75 Å². The Morgan fingerprint density at radius 1 is 1.14 bits per heavy atom. The molecule has 2 aromatic heterocycles. The molecule has 146 valence electrons. The number of pyridine rings is 1. The van der Waals surface area contributed by atoms with Crippen molar-refractivity contribution in [3.05, 3.63) is 71.0 Å². The summed E-state index contributed by atoms with van der Waals surface area (Å²) in [4.78, 5) is 21.3. The van der Waals surface area contributed by atoms with Crippen molar-refractivity contribution in [1.29, 1.82) is 0 Å². The minimum absolute atomic E-state index is 0.140. The molecule has 0 unspecified atom stereocenters. The summed E-state index contributed by atoms with van der Waals surface area (Å²) in [7, 11) is 0. The number of hydrogen-bond donors (Lipinski definition) is 2. The van der Waals surface area contributed by atoms with Crippen LogP contribution >= 0.6 is 11.8 Å². The lowest BCUT2D eigenvalue weighted by Gasteiger charge is -2.08. The van der Waals surface area contributed by atoms with E-state index in [0.29, 0.717) is 0 Å². The molecule has 0 aliphatic carbocycles. The monoisotopic (exact) mass is 402 g/mol. The number of aromatic nitrogens is 2. The largest absolute Gasteiger partial charge is 0.358 e. The normalized spacial score (nSPS) is 11.6. The van der Waals surface area contributed by atoms with Crippen molar-refractivity contribution in [3.63, 3.8) is 0 Å². The van der Waals surface area contributed by atoms with Gasteiger partial charge in [-0.25, -0.2) is 5.43 Å². The van der Waals surface area contributed by atoms with Gasteiger partial charge in [-0.05, 0) is 45.0 Å². The molecule has 0 aliphatic rings. The van der Waals surface area contributed by atoms with Gasteiger partial charge in [0.25, 0.3) is 0 Å². The first kappa shape index (κ1) is 19.2. The summed E-state index contributed by atoms with van der Waals surface area (Å²) in [5.74, 6) is 0.149. The predicted molar refractivity (Wildman–Crippen MR) is 121 cm³/mol. The van der Waals surface area contributed by atoms with Crippen molar-refractivity contribution < 1.29 is 4.79 Å². The average Bonchev–Trinajstić information content (AvgIpc) is 3.02. The van der Waals surface area contributed by atoms with Gasteiger partial charge in [0.1, 0.15) is 0 Å². The van der Waals surface area contributed by atoms with Gasteiger partial charge >= 0.3 is 0 Å². The molecular weight excluding hydrogens is 380 g/mol. The lowest BCUT2D eigenvalue weighted by atomic mass is 10.1. The van der Waals surface area contributed by atoms with Crippen molar-refractivity contribution in [3.8, 4) is 0 Å². The number of fused-ring (bicyclic) bond motifs is 2. The molecule has 0 atom stereocenters. The number of nitrogens with one attached hydrogen (secondary N) is 2. The van der Waals surface area contributed by atoms with E-state index in [9.17, 15) is 4.79 Å². The molecule has 2 aromatic carbocycles. The van der Waals surface area contributed by atoms with Crippen molar-refractivity contribution in [2.24, 2.45) is 5.10 Å². The van der Waals surface area contributed by atoms with Crippen molar-refractivity contribution in [1.82, 2.24) is 15.4 Å². The fourth-order valence-corrected chi connectivity index (χ4v) is 4.29. The number of thioether (sulfide) groups is 1. The molecule has 6 heteroatoms. The number of carbonyl (C=O) groups excluding carboxylic acids is 1. The standard InChI is InChI=1S/C23H22N4OS/c1-14-8-9-21-18(10-14)22(11-15(2)25-21)29-13-23(28)27-24-12-19-16(3)26-20-7-5-4-6-17(19)20/h4-12,26H,13H2,1-3H3,(H,27,28)/b24-12-. The molecule has 5 nitrogen and oxygen atoms in total. The van der Waals surface area contributed by atoms with Crippen LogP contribution in [-0.4, -0.2) is 27.8 Å². The maximum absolute atomic E-state index is 12.3. The van der Waals surface area contributed by atoms with E-state index in [1.165, 1.54) is 17.3 Å². The van der Waals surface area contributed by atoms with Gasteiger partial charge in [0.05, 0.1) is 17.5 Å². The van der Waals surface area contributed by atoms with Gasteiger partial charge in [-0.15, -0.1) is 11.8 Å². The minimum atomic E-state index is -0.140. The van der Waals surface area contributed by atoms with Crippen LogP contribution in [0.4, 0.5) is 0 Å². The number of aromatic amines is 1. The molecule has 0 saturated carbocycles. The smallest absolute Gasteiger partial charge is 0.250 e. The molecule has 2 N–H and O–H groups in total.